The highest BCUT2D eigenvalue weighted by Gasteiger charge is 2.20. The Morgan fingerprint density at radius 3 is 1.45 bits per heavy atom. The van der Waals surface area contributed by atoms with Gasteiger partial charge in [0.2, 0.25) is 5.91 Å². The molecule has 0 heterocycles. The molecule has 0 aliphatic carbocycles. The number of carbonyl (C=O) groups is 2. The van der Waals surface area contributed by atoms with Gasteiger partial charge < -0.3 is 20.3 Å². The first-order chi connectivity index (χ1) is 24.0. The van der Waals surface area contributed by atoms with Crippen molar-refractivity contribution in [3.63, 3.8) is 0 Å². The first kappa shape index (κ1) is 47.6. The highest BCUT2D eigenvalue weighted by atomic mass is 16.5. The van der Waals surface area contributed by atoms with Gasteiger partial charge in [-0.15, -0.1) is 0 Å². The number of carbonyl (C=O) groups excluding carboxylic acids is 2. The van der Waals surface area contributed by atoms with E-state index in [1.54, 1.807) is 0 Å². The number of esters is 1. The van der Waals surface area contributed by atoms with Gasteiger partial charge >= 0.3 is 5.97 Å². The van der Waals surface area contributed by atoms with E-state index < -0.39 is 12.1 Å². The lowest BCUT2D eigenvalue weighted by molar-refractivity contribution is -0.143. The minimum absolute atomic E-state index is 0.0240. The summed E-state index contributed by atoms with van der Waals surface area (Å²) in [5.74, 6) is -0.0880. The zero-order chi connectivity index (χ0) is 35.9. The minimum atomic E-state index is -0.676. The van der Waals surface area contributed by atoms with E-state index in [9.17, 15) is 19.8 Å². The number of unbranched alkanes of at least 4 members (excludes halogenated alkanes) is 26. The summed E-state index contributed by atoms with van der Waals surface area (Å²) in [6.45, 7) is 4.85. The number of ether oxygens (including phenoxy) is 1. The molecule has 6 nitrogen and oxygen atoms in total. The molecule has 49 heavy (non-hydrogen) atoms. The van der Waals surface area contributed by atoms with Gasteiger partial charge in [0.25, 0.3) is 0 Å². The molecule has 0 aromatic heterocycles. The van der Waals surface area contributed by atoms with Crippen LogP contribution >= 0.6 is 0 Å². The Kier molecular flexibility index (Phi) is 38.3. The Balaban J connectivity index is 3.51. The second kappa shape index (κ2) is 39.4. The number of amides is 1. The Morgan fingerprint density at radius 2 is 0.959 bits per heavy atom. The van der Waals surface area contributed by atoms with Gasteiger partial charge in [-0.2, -0.15) is 0 Å². The highest BCUT2D eigenvalue weighted by molar-refractivity contribution is 5.76. The van der Waals surface area contributed by atoms with Crippen molar-refractivity contribution in [3.05, 3.63) is 12.2 Å². The molecule has 0 aliphatic rings. The van der Waals surface area contributed by atoms with E-state index in [1.807, 2.05) is 0 Å². The van der Waals surface area contributed by atoms with Gasteiger partial charge in [0, 0.05) is 12.8 Å². The fourth-order valence-corrected chi connectivity index (χ4v) is 6.45. The number of aliphatic hydroxyl groups is 2. The van der Waals surface area contributed by atoms with Crippen LogP contribution in [0, 0.1) is 0 Å². The third-order valence-electron chi connectivity index (χ3n) is 9.81. The Labute approximate surface area is 304 Å². The van der Waals surface area contributed by atoms with Crippen LogP contribution in [0.1, 0.15) is 226 Å². The summed E-state index contributed by atoms with van der Waals surface area (Å²) in [5, 5.41) is 23.0. The van der Waals surface area contributed by atoms with Crippen LogP contribution < -0.4 is 5.32 Å². The van der Waals surface area contributed by atoms with Crippen molar-refractivity contribution in [1.29, 1.82) is 0 Å². The Hall–Kier alpha value is -1.40. The average molecular weight is 694 g/mol. The van der Waals surface area contributed by atoms with E-state index >= 15 is 0 Å². The van der Waals surface area contributed by atoms with Crippen LogP contribution in [-0.4, -0.2) is 47.4 Å². The molecule has 1 amide bonds. The largest absolute Gasteiger partial charge is 0.466 e. The number of nitrogens with one attached hydrogen (secondary N) is 1. The van der Waals surface area contributed by atoms with E-state index in [0.29, 0.717) is 25.9 Å². The second-order valence-corrected chi connectivity index (χ2v) is 14.7. The number of hydrogen-bond acceptors (Lipinski definition) is 5. The van der Waals surface area contributed by atoms with Crippen molar-refractivity contribution >= 4 is 11.9 Å². The van der Waals surface area contributed by atoms with Crippen molar-refractivity contribution < 1.29 is 24.5 Å². The zero-order valence-corrected chi connectivity index (χ0v) is 32.7. The third kappa shape index (κ3) is 36.2. The third-order valence-corrected chi connectivity index (χ3v) is 9.81. The first-order valence-electron chi connectivity index (χ1n) is 21.4. The molecule has 0 rings (SSSR count). The van der Waals surface area contributed by atoms with Crippen molar-refractivity contribution in [2.45, 2.75) is 238 Å². The van der Waals surface area contributed by atoms with Crippen LogP contribution in [0.4, 0.5) is 0 Å². The smallest absolute Gasteiger partial charge is 0.305 e. The molecule has 0 spiro atoms. The van der Waals surface area contributed by atoms with E-state index in [1.165, 1.54) is 116 Å². The van der Waals surface area contributed by atoms with E-state index in [2.05, 4.69) is 31.3 Å². The molecule has 0 bridgehead atoms. The van der Waals surface area contributed by atoms with Gasteiger partial charge in [0.05, 0.1) is 25.4 Å². The molecule has 0 aromatic rings. The molecule has 0 radical (unpaired) electrons. The van der Waals surface area contributed by atoms with Crippen LogP contribution in [0.3, 0.4) is 0 Å². The predicted molar refractivity (Wildman–Crippen MR) is 209 cm³/mol. The Morgan fingerprint density at radius 1 is 0.551 bits per heavy atom. The summed E-state index contributed by atoms with van der Waals surface area (Å²) in [5.41, 5.74) is 0. The summed E-state index contributed by atoms with van der Waals surface area (Å²) in [6, 6.07) is -0.556. The summed E-state index contributed by atoms with van der Waals surface area (Å²) < 4.78 is 5.41. The van der Waals surface area contributed by atoms with Crippen molar-refractivity contribution in [1.82, 2.24) is 5.32 Å². The average Bonchev–Trinajstić information content (AvgIpc) is 3.10. The van der Waals surface area contributed by atoms with Gasteiger partial charge in [0.1, 0.15) is 0 Å². The highest BCUT2D eigenvalue weighted by Crippen LogP contribution is 2.15. The maximum atomic E-state index is 12.3. The van der Waals surface area contributed by atoms with Gasteiger partial charge in [0.15, 0.2) is 0 Å². The summed E-state index contributed by atoms with van der Waals surface area (Å²) in [7, 11) is 0. The van der Waals surface area contributed by atoms with Crippen molar-refractivity contribution in [2.24, 2.45) is 0 Å². The molecule has 0 fully saturated rings. The Bertz CT molecular complexity index is 727. The fraction of sp³-hybridized carbons (Fsp3) is 0.907. The molecule has 2 unspecified atom stereocenters. The van der Waals surface area contributed by atoms with Gasteiger partial charge in [-0.05, 0) is 57.8 Å². The van der Waals surface area contributed by atoms with E-state index in [-0.39, 0.29) is 18.5 Å². The lowest BCUT2D eigenvalue weighted by atomic mass is 10.0. The predicted octanol–water partition coefficient (Wildman–Crippen LogP) is 11.8. The molecule has 0 aromatic carbocycles. The molecule has 2 atom stereocenters. The minimum Gasteiger partial charge on any atom is -0.466 e. The number of aliphatic hydroxyl groups excluding tert-OH is 2. The summed E-state index contributed by atoms with van der Waals surface area (Å²) >= 11 is 0. The summed E-state index contributed by atoms with van der Waals surface area (Å²) in [6.07, 6.45) is 41.7. The quantitative estimate of drug-likeness (QED) is 0.0338. The SMILES string of the molecule is CCCCCCCCCCCCCC(=O)OCCCCC/C=C\CCCCCCCC(=O)NC(CO)C(O)CCCCCCCCCCC. The molecular formula is C43H83NO5. The molecule has 0 aliphatic heterocycles. The van der Waals surface area contributed by atoms with Crippen LogP contribution in [0.5, 0.6) is 0 Å². The van der Waals surface area contributed by atoms with Gasteiger partial charge in [-0.1, -0.05) is 167 Å². The lowest BCUT2D eigenvalue weighted by Gasteiger charge is -2.22. The van der Waals surface area contributed by atoms with Crippen LogP contribution in [0.25, 0.3) is 0 Å². The fourth-order valence-electron chi connectivity index (χ4n) is 6.45. The molecule has 290 valence electrons. The maximum Gasteiger partial charge on any atom is 0.305 e. The van der Waals surface area contributed by atoms with Crippen molar-refractivity contribution in [3.8, 4) is 0 Å². The first-order valence-corrected chi connectivity index (χ1v) is 21.4. The monoisotopic (exact) mass is 694 g/mol. The number of allylic oxidation sites excluding steroid dienone is 2. The molecule has 0 saturated carbocycles. The topological polar surface area (TPSA) is 95.9 Å². The molecule has 3 N–H and O–H groups in total. The van der Waals surface area contributed by atoms with Crippen LogP contribution in [0.15, 0.2) is 12.2 Å². The standard InChI is InChI=1S/C43H83NO5/c1-3-5-7-9-11-13-16-21-25-29-33-37-43(48)49-38-34-30-26-22-18-15-14-17-20-24-28-32-36-42(47)44-40(39-45)41(46)35-31-27-23-19-12-10-8-6-4-2/h15,18,40-41,45-46H,3-14,16-17,19-39H2,1-2H3,(H,44,47)/b18-15-. The van der Waals surface area contributed by atoms with Crippen molar-refractivity contribution in [2.75, 3.05) is 13.2 Å². The van der Waals surface area contributed by atoms with E-state index in [0.717, 1.165) is 77.0 Å². The lowest BCUT2D eigenvalue weighted by Crippen LogP contribution is -2.45. The van der Waals surface area contributed by atoms with Crippen LogP contribution in [-0.2, 0) is 14.3 Å². The molecule has 6 heteroatoms. The maximum absolute atomic E-state index is 12.3. The summed E-state index contributed by atoms with van der Waals surface area (Å²) in [4.78, 5) is 24.3. The van der Waals surface area contributed by atoms with E-state index in [4.69, 9.17) is 4.74 Å². The number of rotatable bonds is 39. The van der Waals surface area contributed by atoms with Crippen LogP contribution in [0.2, 0.25) is 0 Å². The molecule has 0 saturated heterocycles. The van der Waals surface area contributed by atoms with Gasteiger partial charge in [-0.25, -0.2) is 0 Å². The molecular weight excluding hydrogens is 610 g/mol. The normalized spacial score (nSPS) is 12.8. The second-order valence-electron chi connectivity index (χ2n) is 14.7. The van der Waals surface area contributed by atoms with Gasteiger partial charge in [-0.3, -0.25) is 9.59 Å². The number of hydrogen-bond donors (Lipinski definition) is 3. The zero-order valence-electron chi connectivity index (χ0n) is 32.7.